The Balaban J connectivity index is 2.22. The molecule has 0 atom stereocenters. The molecule has 0 saturated heterocycles. The predicted octanol–water partition coefficient (Wildman–Crippen LogP) is 8.91. The van der Waals surface area contributed by atoms with Crippen molar-refractivity contribution in [3.05, 3.63) is 29.8 Å². The second-order valence-electron chi connectivity index (χ2n) is 9.63. The van der Waals surface area contributed by atoms with E-state index in [0.29, 0.717) is 5.56 Å². The van der Waals surface area contributed by atoms with Gasteiger partial charge in [-0.1, -0.05) is 104 Å². The Labute approximate surface area is 205 Å². The van der Waals surface area contributed by atoms with Crippen molar-refractivity contribution >= 4 is 0 Å². The molecule has 0 aliphatic heterocycles. The minimum absolute atomic E-state index is 0.684. The van der Waals surface area contributed by atoms with Crippen LogP contribution in [0.2, 0.25) is 0 Å². The van der Waals surface area contributed by atoms with Crippen LogP contribution in [0.3, 0.4) is 0 Å². The van der Waals surface area contributed by atoms with E-state index in [1.165, 1.54) is 116 Å². The Morgan fingerprint density at radius 1 is 0.606 bits per heavy atom. The fourth-order valence-corrected chi connectivity index (χ4v) is 4.38. The number of ether oxygens (including phenoxy) is 1. The van der Waals surface area contributed by atoms with E-state index in [-0.39, 0.29) is 0 Å². The number of benzene rings is 1. The van der Waals surface area contributed by atoms with E-state index in [1.54, 1.807) is 0 Å². The van der Waals surface area contributed by atoms with Gasteiger partial charge in [0.05, 0.1) is 18.2 Å². The molecule has 0 radical (unpaired) electrons. The summed E-state index contributed by atoms with van der Waals surface area (Å²) in [5.74, 6) is 0.867. The lowest BCUT2D eigenvalue weighted by Gasteiger charge is -2.22. The maximum Gasteiger partial charge on any atom is 0.119 e. The van der Waals surface area contributed by atoms with E-state index in [9.17, 15) is 0 Å². The van der Waals surface area contributed by atoms with Crippen LogP contribution < -0.4 is 4.74 Å². The summed E-state index contributed by atoms with van der Waals surface area (Å²) in [6, 6.07) is 9.61. The van der Waals surface area contributed by atoms with Crippen LogP contribution >= 0.6 is 0 Å². The van der Waals surface area contributed by atoms with Crippen molar-refractivity contribution in [3.63, 3.8) is 0 Å². The lowest BCUT2D eigenvalue weighted by molar-refractivity contribution is 0.226. The summed E-state index contributed by atoms with van der Waals surface area (Å²) >= 11 is 0. The molecular weight excluding hydrogens is 404 g/mol. The summed E-state index contributed by atoms with van der Waals surface area (Å²) in [5.41, 5.74) is 0.684. The highest BCUT2D eigenvalue weighted by Gasteiger charge is 2.06. The minimum Gasteiger partial charge on any atom is -0.494 e. The van der Waals surface area contributed by atoms with E-state index in [4.69, 9.17) is 10.00 Å². The van der Waals surface area contributed by atoms with Gasteiger partial charge in [-0.05, 0) is 56.6 Å². The van der Waals surface area contributed by atoms with Gasteiger partial charge >= 0.3 is 0 Å². The van der Waals surface area contributed by atoms with Crippen molar-refractivity contribution in [2.24, 2.45) is 0 Å². The molecule has 0 saturated carbocycles. The van der Waals surface area contributed by atoms with E-state index >= 15 is 0 Å². The van der Waals surface area contributed by atoms with Gasteiger partial charge in [0.1, 0.15) is 5.75 Å². The van der Waals surface area contributed by atoms with Gasteiger partial charge in [0.2, 0.25) is 0 Å². The van der Waals surface area contributed by atoms with Crippen LogP contribution in [0.5, 0.6) is 5.75 Å². The number of hydrogen-bond donors (Lipinski definition) is 0. The summed E-state index contributed by atoms with van der Waals surface area (Å²) < 4.78 is 5.90. The largest absolute Gasteiger partial charge is 0.494 e. The van der Waals surface area contributed by atoms with E-state index in [0.717, 1.165) is 25.3 Å². The first kappa shape index (κ1) is 29.5. The SMILES string of the molecule is CCCCCCCCCCN(CCCCCCCCCC)CCCOc1ccc(C#N)cc1. The molecule has 1 rings (SSSR count). The fraction of sp³-hybridized carbons (Fsp3) is 0.767. The van der Waals surface area contributed by atoms with Crippen molar-refractivity contribution in [2.45, 2.75) is 123 Å². The van der Waals surface area contributed by atoms with Crippen molar-refractivity contribution < 1.29 is 4.74 Å². The molecule has 3 nitrogen and oxygen atoms in total. The Kier molecular flexibility index (Phi) is 19.9. The highest BCUT2D eigenvalue weighted by atomic mass is 16.5. The van der Waals surface area contributed by atoms with Crippen LogP contribution in [-0.4, -0.2) is 31.1 Å². The summed E-state index contributed by atoms with van der Waals surface area (Å²) in [6.07, 6.45) is 23.3. The summed E-state index contributed by atoms with van der Waals surface area (Å²) in [5, 5.41) is 8.91. The molecule has 3 heteroatoms. The lowest BCUT2D eigenvalue weighted by Crippen LogP contribution is -2.28. The van der Waals surface area contributed by atoms with Crippen LogP contribution in [0.4, 0.5) is 0 Å². The first-order valence-electron chi connectivity index (χ1n) is 14.2. The number of nitrogens with zero attached hydrogens (tertiary/aromatic N) is 2. The van der Waals surface area contributed by atoms with Crippen LogP contribution in [0.1, 0.15) is 129 Å². The van der Waals surface area contributed by atoms with Crippen LogP contribution in [0.15, 0.2) is 24.3 Å². The van der Waals surface area contributed by atoms with Gasteiger partial charge in [-0.15, -0.1) is 0 Å². The zero-order valence-corrected chi connectivity index (χ0v) is 22.0. The zero-order valence-electron chi connectivity index (χ0n) is 22.0. The topological polar surface area (TPSA) is 36.3 Å². The summed E-state index contributed by atoms with van der Waals surface area (Å²) in [4.78, 5) is 2.68. The molecule has 33 heavy (non-hydrogen) atoms. The molecule has 0 aromatic heterocycles. The fourth-order valence-electron chi connectivity index (χ4n) is 4.38. The maximum absolute atomic E-state index is 8.91. The Morgan fingerprint density at radius 2 is 1.03 bits per heavy atom. The van der Waals surface area contributed by atoms with Crippen molar-refractivity contribution in [2.75, 3.05) is 26.2 Å². The third-order valence-corrected chi connectivity index (χ3v) is 6.53. The predicted molar refractivity (Wildman–Crippen MR) is 143 cm³/mol. The smallest absolute Gasteiger partial charge is 0.119 e. The van der Waals surface area contributed by atoms with E-state index in [2.05, 4.69) is 24.8 Å². The van der Waals surface area contributed by atoms with Crippen LogP contribution in [-0.2, 0) is 0 Å². The molecule has 0 unspecified atom stereocenters. The summed E-state index contributed by atoms with van der Waals surface area (Å²) in [7, 11) is 0. The van der Waals surface area contributed by atoms with Gasteiger partial charge in [0, 0.05) is 6.54 Å². The Hall–Kier alpha value is -1.53. The Bertz CT molecular complexity index is 558. The number of hydrogen-bond acceptors (Lipinski definition) is 3. The molecule has 0 bridgehead atoms. The van der Waals surface area contributed by atoms with Crippen molar-refractivity contribution in [1.82, 2.24) is 4.90 Å². The molecule has 188 valence electrons. The third kappa shape index (κ3) is 17.6. The highest BCUT2D eigenvalue weighted by molar-refractivity contribution is 5.34. The molecule has 0 fully saturated rings. The van der Waals surface area contributed by atoms with E-state index < -0.39 is 0 Å². The second kappa shape index (κ2) is 22.3. The molecule has 0 N–H and O–H groups in total. The van der Waals surface area contributed by atoms with Gasteiger partial charge in [-0.3, -0.25) is 0 Å². The van der Waals surface area contributed by atoms with Crippen molar-refractivity contribution in [1.29, 1.82) is 5.26 Å². The molecule has 1 aromatic rings. The van der Waals surface area contributed by atoms with Gasteiger partial charge in [0.25, 0.3) is 0 Å². The maximum atomic E-state index is 8.91. The van der Waals surface area contributed by atoms with Gasteiger partial charge < -0.3 is 9.64 Å². The number of unbranched alkanes of at least 4 members (excludes halogenated alkanes) is 14. The van der Waals surface area contributed by atoms with Gasteiger partial charge in [-0.25, -0.2) is 0 Å². The highest BCUT2D eigenvalue weighted by Crippen LogP contribution is 2.13. The quantitative estimate of drug-likeness (QED) is 0.154. The first-order chi connectivity index (χ1) is 16.3. The third-order valence-electron chi connectivity index (χ3n) is 6.53. The Morgan fingerprint density at radius 3 is 1.48 bits per heavy atom. The molecule has 0 spiro atoms. The van der Waals surface area contributed by atoms with Crippen LogP contribution in [0.25, 0.3) is 0 Å². The normalized spacial score (nSPS) is 11.1. The van der Waals surface area contributed by atoms with Crippen molar-refractivity contribution in [3.8, 4) is 11.8 Å². The van der Waals surface area contributed by atoms with Gasteiger partial charge in [0.15, 0.2) is 0 Å². The molecule has 0 aliphatic carbocycles. The van der Waals surface area contributed by atoms with E-state index in [1.807, 2.05) is 24.3 Å². The monoisotopic (exact) mass is 456 g/mol. The van der Waals surface area contributed by atoms with Crippen LogP contribution in [0, 0.1) is 11.3 Å². The molecule has 0 aliphatic rings. The number of rotatable bonds is 23. The average Bonchev–Trinajstić information content (AvgIpc) is 2.84. The molecular formula is C30H52N2O. The lowest BCUT2D eigenvalue weighted by atomic mass is 10.1. The zero-order chi connectivity index (χ0) is 23.8. The molecule has 0 amide bonds. The minimum atomic E-state index is 0.684. The summed E-state index contributed by atoms with van der Waals surface area (Å²) in [6.45, 7) is 8.93. The molecule has 0 heterocycles. The average molecular weight is 457 g/mol. The molecule has 1 aromatic carbocycles. The van der Waals surface area contributed by atoms with Gasteiger partial charge in [-0.2, -0.15) is 5.26 Å². The standard InChI is InChI=1S/C30H52N2O/c1-3-5-7-9-11-13-15-17-24-32(25-18-16-14-12-10-8-6-4-2)26-19-27-33-30-22-20-29(28-31)21-23-30/h20-23H,3-19,24-27H2,1-2H3. The number of nitriles is 1. The second-order valence-corrected chi connectivity index (χ2v) is 9.63. The first-order valence-corrected chi connectivity index (χ1v) is 14.2.